The van der Waals surface area contributed by atoms with Crippen molar-refractivity contribution < 1.29 is 34.7 Å². The van der Waals surface area contributed by atoms with Crippen LogP contribution in [0.1, 0.15) is 0 Å². The molecule has 0 amide bonds. The van der Waals surface area contributed by atoms with Gasteiger partial charge in [-0.3, -0.25) is 0 Å². The van der Waals surface area contributed by atoms with Crippen LogP contribution in [0.3, 0.4) is 0 Å². The van der Waals surface area contributed by atoms with E-state index < -0.39 is 0 Å². The molecule has 0 saturated carbocycles. The van der Waals surface area contributed by atoms with Crippen LogP contribution in [-0.2, 0) is 34.7 Å². The second kappa shape index (κ2) is 19.3. The van der Waals surface area contributed by atoms with Gasteiger partial charge in [-0.05, 0) is 0 Å². The van der Waals surface area contributed by atoms with Crippen LogP contribution < -0.4 is 0 Å². The van der Waals surface area contributed by atoms with Crippen molar-refractivity contribution in [2.75, 3.05) is 0 Å². The molecule has 0 heterocycles. The van der Waals surface area contributed by atoms with Gasteiger partial charge < -0.3 is 0 Å². The summed E-state index contributed by atoms with van der Waals surface area (Å²) < 4.78 is 0. The molecule has 4 heteroatoms. The average molecular weight is 186 g/mol. The molecule has 0 aromatic rings. The molecule has 0 aromatic heterocycles. The van der Waals surface area contributed by atoms with E-state index in [-0.39, 0.29) is 40.1 Å². The Morgan fingerprint density at radius 2 is 1.25 bits per heavy atom. The van der Waals surface area contributed by atoms with Crippen LogP contribution in [-0.4, -0.2) is 31.5 Å². The van der Waals surface area contributed by atoms with Crippen molar-refractivity contribution >= 4 is 31.5 Å². The van der Waals surface area contributed by atoms with Crippen LogP contribution in [0.15, 0.2) is 0 Å². The Labute approximate surface area is 65.5 Å². The summed E-state index contributed by atoms with van der Waals surface area (Å²) in [4.78, 5) is 0. The second-order valence-corrected chi connectivity index (χ2v) is 0. The minimum atomic E-state index is 0. The number of rotatable bonds is 0. The molecule has 0 N–H and O–H groups in total. The van der Waals surface area contributed by atoms with E-state index in [1.807, 2.05) is 0 Å². The van der Waals surface area contributed by atoms with Crippen LogP contribution in [0.4, 0.5) is 0 Å². The van der Waals surface area contributed by atoms with Crippen molar-refractivity contribution in [3.63, 3.8) is 0 Å². The summed E-state index contributed by atoms with van der Waals surface area (Å²) in [6.07, 6.45) is 0. The van der Waals surface area contributed by atoms with Gasteiger partial charge in [0.1, 0.15) is 0 Å². The molecule has 0 bridgehead atoms. The maximum absolute atomic E-state index is 1.51. The molecule has 0 spiro atoms. The molecule has 0 aliphatic heterocycles. The van der Waals surface area contributed by atoms with E-state index in [0.717, 1.165) is 0 Å². The van der Waals surface area contributed by atoms with E-state index in [1.54, 1.807) is 0 Å². The quantitative estimate of drug-likeness (QED) is 0.380. The van der Waals surface area contributed by atoms with Crippen molar-refractivity contribution in [3.8, 4) is 0 Å². The molecule has 0 saturated heterocycles. The number of hydrogen-bond donors (Lipinski definition) is 0. The zero-order valence-electron chi connectivity index (χ0n) is 2.01. The summed E-state index contributed by atoms with van der Waals surface area (Å²) >= 11 is 1.51. The van der Waals surface area contributed by atoms with E-state index in [4.69, 9.17) is 0 Å². The predicted octanol–water partition coefficient (Wildman–Crippen LogP) is -2.11. The van der Waals surface area contributed by atoms with E-state index >= 15 is 0 Å². The van der Waals surface area contributed by atoms with Gasteiger partial charge in [-0.15, -0.1) is 0 Å². The molecule has 0 rings (SSSR count). The topological polar surface area (TPSA) is 0 Å². The molecule has 4 heavy (non-hydrogen) atoms. The van der Waals surface area contributed by atoms with Gasteiger partial charge in [0.05, 0.1) is 0 Å². The fourth-order valence-corrected chi connectivity index (χ4v) is 0. The Bertz CT molecular complexity index is 8.00. The molecular weight excluding hydrogens is 181 g/mol. The molecule has 0 aliphatic carbocycles. The Morgan fingerprint density at radius 1 is 1.25 bits per heavy atom. The molecule has 24 valence electrons. The van der Waals surface area contributed by atoms with Crippen LogP contribution in [0.2, 0.25) is 0 Å². The van der Waals surface area contributed by atoms with E-state index in [1.165, 1.54) is 26.1 Å². The molecular formula is H5CuMgSiZn. The Morgan fingerprint density at radius 3 is 1.25 bits per heavy atom. The summed E-state index contributed by atoms with van der Waals surface area (Å²) in [7, 11) is 1.43. The van der Waals surface area contributed by atoms with Crippen molar-refractivity contribution in [3.05, 3.63) is 0 Å². The molecule has 0 unspecified atom stereocenters. The van der Waals surface area contributed by atoms with Crippen molar-refractivity contribution in [2.24, 2.45) is 0 Å². The fourth-order valence-electron chi connectivity index (χ4n) is 0. The third-order valence-corrected chi connectivity index (χ3v) is 0. The first kappa shape index (κ1) is 16.5. The van der Waals surface area contributed by atoms with Crippen LogP contribution in [0.25, 0.3) is 0 Å². The van der Waals surface area contributed by atoms with E-state index in [0.29, 0.717) is 0 Å². The Balaban J connectivity index is -0.00000000500. The normalized spacial score (nSPS) is 2.50. The van der Waals surface area contributed by atoms with Crippen molar-refractivity contribution in [2.45, 2.75) is 0 Å². The fraction of sp³-hybridized carbons (Fsp3) is 0. The van der Waals surface area contributed by atoms with Crippen molar-refractivity contribution in [1.82, 2.24) is 0 Å². The first-order chi connectivity index (χ1) is 1.00. The number of hydrogen-bond acceptors (Lipinski definition) is 0. The maximum atomic E-state index is 1.51. The van der Waals surface area contributed by atoms with Crippen LogP contribution >= 0.6 is 0 Å². The Kier molecular flexibility index (Phi) is 79.5. The molecule has 1 radical (unpaired) electrons. The van der Waals surface area contributed by atoms with Gasteiger partial charge >= 0.3 is 49.1 Å². The van der Waals surface area contributed by atoms with Crippen LogP contribution in [0.5, 0.6) is 0 Å². The van der Waals surface area contributed by atoms with Gasteiger partial charge in [0.2, 0.25) is 0 Å². The zero-order chi connectivity index (χ0) is 2.00. The Hall–Kier alpha value is 2.13. The minimum absolute atomic E-state index is 0. The van der Waals surface area contributed by atoms with Gasteiger partial charge in [-0.2, -0.15) is 0 Å². The third kappa shape index (κ3) is 8.92. The van der Waals surface area contributed by atoms with E-state index in [2.05, 4.69) is 0 Å². The van der Waals surface area contributed by atoms with Gasteiger partial charge in [0.15, 0.2) is 0 Å². The zero-order valence-corrected chi connectivity index (χ0v) is 7.92. The van der Waals surface area contributed by atoms with Crippen LogP contribution in [0, 0.1) is 0 Å². The molecule has 0 fully saturated rings. The van der Waals surface area contributed by atoms with Gasteiger partial charge in [-0.1, -0.05) is 0 Å². The second-order valence-electron chi connectivity index (χ2n) is 0. The summed E-state index contributed by atoms with van der Waals surface area (Å²) in [5.74, 6) is 0. The van der Waals surface area contributed by atoms with Gasteiger partial charge in [0, 0.05) is 17.1 Å². The molecule has 0 atom stereocenters. The molecule has 0 nitrogen and oxygen atoms in total. The van der Waals surface area contributed by atoms with Gasteiger partial charge in [-0.25, -0.2) is 0 Å². The summed E-state index contributed by atoms with van der Waals surface area (Å²) in [5.41, 5.74) is 0. The average Bonchev–Trinajstić information content (AvgIpc) is 1.00. The third-order valence-electron chi connectivity index (χ3n) is 0. The predicted molar refractivity (Wildman–Crippen MR) is 18.5 cm³/mol. The summed E-state index contributed by atoms with van der Waals surface area (Å²) in [5, 5.41) is 0. The summed E-state index contributed by atoms with van der Waals surface area (Å²) in [6.45, 7) is 0. The monoisotopic (exact) mass is 184 g/mol. The van der Waals surface area contributed by atoms with Crippen molar-refractivity contribution in [1.29, 1.82) is 0 Å². The molecule has 0 aliphatic rings. The molecule has 0 aromatic carbocycles. The summed E-state index contributed by atoms with van der Waals surface area (Å²) in [6, 6.07) is 0. The van der Waals surface area contributed by atoms with E-state index in [9.17, 15) is 0 Å². The first-order valence-corrected chi connectivity index (χ1v) is 11.0. The standard InChI is InChI=1S/Cu.Mg.H3Si.Zn.2H/h;;1H3;;;. The SMILES string of the molecule is [Cu].[MgH2].[SiH3][Zn]. The van der Waals surface area contributed by atoms with Gasteiger partial charge in [0.25, 0.3) is 0 Å². The first-order valence-electron chi connectivity index (χ1n) is 0.707.